The molecule has 0 bridgehead atoms. The van der Waals surface area contributed by atoms with E-state index in [-0.39, 0.29) is 5.92 Å². The minimum absolute atomic E-state index is 0.115. The Kier molecular flexibility index (Phi) is 4.16. The highest BCUT2D eigenvalue weighted by atomic mass is 16.2. The number of hydrogen-bond acceptors (Lipinski definition) is 4. The van der Waals surface area contributed by atoms with Gasteiger partial charge in [0.1, 0.15) is 0 Å². The van der Waals surface area contributed by atoms with E-state index in [0.29, 0.717) is 5.91 Å². The molecule has 1 atom stereocenters. The van der Waals surface area contributed by atoms with Crippen molar-refractivity contribution < 1.29 is 4.79 Å². The Balaban J connectivity index is 1.54. The third kappa shape index (κ3) is 2.93. The molecule has 2 saturated heterocycles. The minimum atomic E-state index is 0.115. The highest BCUT2D eigenvalue weighted by Gasteiger charge is 2.28. The minimum Gasteiger partial charge on any atom is -0.368 e. The second-order valence-corrected chi connectivity index (χ2v) is 5.35. The van der Waals surface area contributed by atoms with Gasteiger partial charge in [-0.3, -0.25) is 9.78 Å². The summed E-state index contributed by atoms with van der Waals surface area (Å²) >= 11 is 0. The third-order valence-electron chi connectivity index (χ3n) is 4.12. The number of rotatable bonds is 2. The fourth-order valence-electron chi connectivity index (χ4n) is 2.90. The van der Waals surface area contributed by atoms with Crippen LogP contribution in [0.25, 0.3) is 0 Å². The molecule has 3 rings (SSSR count). The van der Waals surface area contributed by atoms with E-state index in [2.05, 4.69) is 21.6 Å². The number of amides is 1. The number of piperidine rings is 1. The summed E-state index contributed by atoms with van der Waals surface area (Å²) < 4.78 is 0. The molecule has 2 aliphatic heterocycles. The molecule has 1 radical (unpaired) electrons. The predicted octanol–water partition coefficient (Wildman–Crippen LogP) is 0.544. The van der Waals surface area contributed by atoms with Crippen molar-refractivity contribution in [2.24, 2.45) is 5.92 Å². The van der Waals surface area contributed by atoms with E-state index < -0.39 is 0 Å². The smallest absolute Gasteiger partial charge is 0.226 e. The summed E-state index contributed by atoms with van der Waals surface area (Å²) in [6, 6.07) is 4.05. The van der Waals surface area contributed by atoms with Gasteiger partial charge >= 0.3 is 0 Å². The van der Waals surface area contributed by atoms with E-state index in [1.54, 1.807) is 0 Å². The fourth-order valence-corrected chi connectivity index (χ4v) is 2.90. The second-order valence-electron chi connectivity index (χ2n) is 5.35. The molecule has 2 aliphatic rings. The second kappa shape index (κ2) is 6.22. The number of carbonyl (C=O) groups is 1. The van der Waals surface area contributed by atoms with Gasteiger partial charge in [0.2, 0.25) is 5.91 Å². The van der Waals surface area contributed by atoms with Gasteiger partial charge in [-0.2, -0.15) is 0 Å². The van der Waals surface area contributed by atoms with Gasteiger partial charge in [-0.25, -0.2) is 0 Å². The Labute approximate surface area is 120 Å². The maximum Gasteiger partial charge on any atom is 0.226 e. The van der Waals surface area contributed by atoms with Crippen molar-refractivity contribution in [3.05, 3.63) is 30.9 Å². The molecular weight excluding hydrogens is 252 g/mol. The van der Waals surface area contributed by atoms with Gasteiger partial charge in [0.25, 0.3) is 0 Å². The number of nitrogens with one attached hydrogen (secondary N) is 1. The largest absolute Gasteiger partial charge is 0.368 e. The predicted molar refractivity (Wildman–Crippen MR) is 78.3 cm³/mol. The van der Waals surface area contributed by atoms with E-state index in [1.165, 1.54) is 5.69 Å². The first kappa shape index (κ1) is 13.4. The van der Waals surface area contributed by atoms with Crippen LogP contribution in [0.2, 0.25) is 0 Å². The summed E-state index contributed by atoms with van der Waals surface area (Å²) in [7, 11) is 0. The van der Waals surface area contributed by atoms with Gasteiger partial charge in [0.15, 0.2) is 0 Å². The first-order chi connectivity index (χ1) is 9.84. The Bertz CT molecular complexity index is 436. The standard InChI is InChI=1S/C15H21N4O/c20-15(13-1-5-16-6-2-13)19-11-9-18(10-12-19)14-3-7-17-8-4-14/h1,3-4,7-8,13,16H,2,5-6,9-12H2. The van der Waals surface area contributed by atoms with Gasteiger partial charge in [0.05, 0.1) is 0 Å². The SMILES string of the molecule is O=C(C1[CH]CNCC1)N1CCN(c2ccncc2)CC1. The molecule has 0 aliphatic carbocycles. The van der Waals surface area contributed by atoms with Gasteiger partial charge in [-0.1, -0.05) is 0 Å². The van der Waals surface area contributed by atoms with Crippen LogP contribution in [0.5, 0.6) is 0 Å². The van der Waals surface area contributed by atoms with Crippen LogP contribution in [0, 0.1) is 12.3 Å². The number of aromatic nitrogens is 1. The lowest BCUT2D eigenvalue weighted by Gasteiger charge is -2.38. The van der Waals surface area contributed by atoms with E-state index in [4.69, 9.17) is 0 Å². The van der Waals surface area contributed by atoms with Crippen molar-refractivity contribution >= 4 is 11.6 Å². The van der Waals surface area contributed by atoms with Crippen LogP contribution in [0.15, 0.2) is 24.5 Å². The number of piperazine rings is 1. The lowest BCUT2D eigenvalue weighted by Crippen LogP contribution is -2.51. The molecule has 5 heteroatoms. The first-order valence-electron chi connectivity index (χ1n) is 7.32. The monoisotopic (exact) mass is 273 g/mol. The molecule has 1 aromatic heterocycles. The summed E-state index contributed by atoms with van der Waals surface area (Å²) in [6.07, 6.45) is 6.68. The van der Waals surface area contributed by atoms with Crippen LogP contribution in [-0.4, -0.2) is 55.1 Å². The highest BCUT2D eigenvalue weighted by molar-refractivity contribution is 5.80. The maximum atomic E-state index is 12.4. The Morgan fingerprint density at radius 2 is 1.95 bits per heavy atom. The van der Waals surface area contributed by atoms with Crippen LogP contribution in [-0.2, 0) is 4.79 Å². The van der Waals surface area contributed by atoms with Gasteiger partial charge < -0.3 is 15.1 Å². The Hall–Kier alpha value is -1.62. The van der Waals surface area contributed by atoms with Gasteiger partial charge in [-0.15, -0.1) is 0 Å². The Morgan fingerprint density at radius 1 is 1.20 bits per heavy atom. The first-order valence-corrected chi connectivity index (χ1v) is 7.32. The molecule has 0 saturated carbocycles. The highest BCUT2D eigenvalue weighted by Crippen LogP contribution is 2.18. The number of nitrogens with zero attached hydrogens (tertiary/aromatic N) is 3. The number of hydrogen-bond donors (Lipinski definition) is 1. The molecule has 5 nitrogen and oxygen atoms in total. The van der Waals surface area contributed by atoms with Gasteiger partial charge in [-0.05, 0) is 38.1 Å². The maximum absolute atomic E-state index is 12.4. The van der Waals surface area contributed by atoms with E-state index in [0.717, 1.165) is 45.7 Å². The summed E-state index contributed by atoms with van der Waals surface area (Å²) in [5, 5.41) is 3.26. The van der Waals surface area contributed by atoms with Crippen LogP contribution in [0.1, 0.15) is 6.42 Å². The summed E-state index contributed by atoms with van der Waals surface area (Å²) in [5.41, 5.74) is 1.19. The van der Waals surface area contributed by atoms with E-state index in [9.17, 15) is 4.79 Å². The average Bonchev–Trinajstić information content (AvgIpc) is 2.56. The number of carbonyl (C=O) groups excluding carboxylic acids is 1. The summed E-state index contributed by atoms with van der Waals surface area (Å²) in [6.45, 7) is 5.25. The zero-order valence-corrected chi connectivity index (χ0v) is 11.7. The molecule has 3 heterocycles. The number of anilines is 1. The fraction of sp³-hybridized carbons (Fsp3) is 0.533. The van der Waals surface area contributed by atoms with Crippen molar-refractivity contribution in [1.82, 2.24) is 15.2 Å². The van der Waals surface area contributed by atoms with Crippen LogP contribution in [0.3, 0.4) is 0 Å². The van der Waals surface area contributed by atoms with Crippen molar-refractivity contribution in [3.63, 3.8) is 0 Å². The van der Waals surface area contributed by atoms with E-state index >= 15 is 0 Å². The van der Waals surface area contributed by atoms with Crippen molar-refractivity contribution in [2.45, 2.75) is 6.42 Å². The molecule has 1 amide bonds. The topological polar surface area (TPSA) is 48.5 Å². The van der Waals surface area contributed by atoms with Gasteiger partial charge in [0, 0.05) is 50.2 Å². The van der Waals surface area contributed by atoms with Crippen molar-refractivity contribution in [3.8, 4) is 0 Å². The molecule has 1 N–H and O–H groups in total. The molecular formula is C15H21N4O. The summed E-state index contributed by atoms with van der Waals surface area (Å²) in [4.78, 5) is 20.8. The summed E-state index contributed by atoms with van der Waals surface area (Å²) in [5.74, 6) is 0.421. The van der Waals surface area contributed by atoms with Crippen molar-refractivity contribution in [1.29, 1.82) is 0 Å². The lowest BCUT2D eigenvalue weighted by atomic mass is 9.96. The quantitative estimate of drug-likeness (QED) is 0.854. The lowest BCUT2D eigenvalue weighted by molar-refractivity contribution is -0.135. The third-order valence-corrected chi connectivity index (χ3v) is 4.12. The average molecular weight is 273 g/mol. The zero-order valence-electron chi connectivity index (χ0n) is 11.7. The molecule has 107 valence electrons. The molecule has 20 heavy (non-hydrogen) atoms. The Morgan fingerprint density at radius 3 is 2.60 bits per heavy atom. The molecule has 2 fully saturated rings. The van der Waals surface area contributed by atoms with E-state index in [1.807, 2.05) is 29.4 Å². The molecule has 0 aromatic carbocycles. The molecule has 1 aromatic rings. The van der Waals surface area contributed by atoms with Crippen LogP contribution in [0.4, 0.5) is 5.69 Å². The van der Waals surface area contributed by atoms with Crippen LogP contribution >= 0.6 is 0 Å². The van der Waals surface area contributed by atoms with Crippen LogP contribution < -0.4 is 10.2 Å². The van der Waals surface area contributed by atoms with Crippen molar-refractivity contribution in [2.75, 3.05) is 44.2 Å². The number of pyridine rings is 1. The normalized spacial score (nSPS) is 21.0. The zero-order chi connectivity index (χ0) is 13.8. The molecule has 1 unspecified atom stereocenters. The molecule has 0 spiro atoms.